The maximum Gasteiger partial charge on any atom is 0.138 e. The molecular weight excluding hydrogens is 498 g/mol. The number of H-pyrrole nitrogens is 1. The monoisotopic (exact) mass is 519 g/mol. The fourth-order valence-corrected chi connectivity index (χ4v) is 5.50. The second-order valence-electron chi connectivity index (χ2n) is 9.11. The zero-order valence-electron chi connectivity index (χ0n) is 18.9. The summed E-state index contributed by atoms with van der Waals surface area (Å²) in [6.07, 6.45) is 1.95. The van der Waals surface area contributed by atoms with Crippen LogP contribution in [-0.4, -0.2) is 22.9 Å². The number of para-hydroxylation sites is 2. The van der Waals surface area contributed by atoms with Crippen molar-refractivity contribution in [3.63, 3.8) is 0 Å². The van der Waals surface area contributed by atoms with Crippen LogP contribution in [0.25, 0.3) is 22.4 Å². The number of rotatable bonds is 3. The maximum atomic E-state index is 4.73. The molecule has 6 heteroatoms. The van der Waals surface area contributed by atoms with Gasteiger partial charge in [-0.15, -0.1) is 0 Å². The number of hydrogen-bond donors (Lipinski definition) is 1. The van der Waals surface area contributed by atoms with Crippen LogP contribution in [0.4, 0.5) is 17.1 Å². The molecule has 3 heterocycles. The van der Waals surface area contributed by atoms with E-state index in [4.69, 9.17) is 4.99 Å². The van der Waals surface area contributed by atoms with E-state index in [1.54, 1.807) is 0 Å². The van der Waals surface area contributed by atoms with E-state index in [-0.39, 0.29) is 0 Å². The molecule has 2 aliphatic rings. The molecule has 0 spiro atoms. The van der Waals surface area contributed by atoms with Crippen LogP contribution in [-0.2, 0) is 13.1 Å². The van der Waals surface area contributed by atoms with Gasteiger partial charge in [-0.2, -0.15) is 0 Å². The SMILES string of the molecule is Brc1ccc2c(c1)CN1CN2Cc2cc(/C=N/c3ccc(-c4nc5ccccc5[nH]4)cc3)ccc21. The standard InChI is InChI=1S/C29H22BrN5/c30-23-8-12-28-22(14-23)17-35-18-34(28)16-21-13-19(5-11-27(21)35)15-31-24-9-6-20(7-10-24)29-32-25-3-1-2-4-26(25)33-29/h1-15H,16-18H2,(H,32,33)/b31-15+. The molecule has 0 fully saturated rings. The number of nitrogens with zero attached hydrogens (tertiary/aromatic N) is 4. The quantitative estimate of drug-likeness (QED) is 0.260. The predicted octanol–water partition coefficient (Wildman–Crippen LogP) is 7.04. The molecule has 170 valence electrons. The topological polar surface area (TPSA) is 47.5 Å². The molecule has 5 nitrogen and oxygen atoms in total. The minimum atomic E-state index is 0.876. The Labute approximate surface area is 211 Å². The van der Waals surface area contributed by atoms with Gasteiger partial charge in [0.25, 0.3) is 0 Å². The fraction of sp³-hybridized carbons (Fsp3) is 0.103. The Morgan fingerprint density at radius 3 is 2.37 bits per heavy atom. The van der Waals surface area contributed by atoms with Crippen LogP contribution >= 0.6 is 15.9 Å². The van der Waals surface area contributed by atoms with E-state index in [0.717, 1.165) is 57.9 Å². The molecule has 0 aliphatic carbocycles. The van der Waals surface area contributed by atoms with Gasteiger partial charge < -0.3 is 14.8 Å². The summed E-state index contributed by atoms with van der Waals surface area (Å²) in [6.45, 7) is 2.78. The highest BCUT2D eigenvalue weighted by molar-refractivity contribution is 9.10. The van der Waals surface area contributed by atoms with Gasteiger partial charge in [-0.25, -0.2) is 4.98 Å². The largest absolute Gasteiger partial charge is 0.349 e. The molecular formula is C29H22BrN5. The summed E-state index contributed by atoms with van der Waals surface area (Å²) >= 11 is 3.61. The van der Waals surface area contributed by atoms with Crippen molar-refractivity contribution in [3.8, 4) is 11.4 Å². The van der Waals surface area contributed by atoms with Crippen molar-refractivity contribution >= 4 is 50.2 Å². The number of aromatic amines is 1. The summed E-state index contributed by atoms with van der Waals surface area (Å²) < 4.78 is 1.14. The zero-order valence-corrected chi connectivity index (χ0v) is 20.5. The number of imidazole rings is 1. The van der Waals surface area contributed by atoms with E-state index in [1.165, 1.54) is 22.5 Å². The Balaban J connectivity index is 1.11. The van der Waals surface area contributed by atoms with Crippen molar-refractivity contribution in [2.24, 2.45) is 4.99 Å². The summed E-state index contributed by atoms with van der Waals surface area (Å²) in [7, 11) is 0. The number of benzene rings is 4. The molecule has 35 heavy (non-hydrogen) atoms. The lowest BCUT2D eigenvalue weighted by atomic mass is 10.0. The number of halogens is 1. The highest BCUT2D eigenvalue weighted by atomic mass is 79.9. The Bertz CT molecular complexity index is 1570. The highest BCUT2D eigenvalue weighted by Crippen LogP contribution is 2.39. The summed E-state index contributed by atoms with van der Waals surface area (Å²) in [5.74, 6) is 0.876. The van der Waals surface area contributed by atoms with Crippen LogP contribution in [0.1, 0.15) is 16.7 Å². The molecule has 0 saturated carbocycles. The van der Waals surface area contributed by atoms with Crippen LogP contribution in [0, 0.1) is 0 Å². The van der Waals surface area contributed by atoms with Crippen molar-refractivity contribution in [2.45, 2.75) is 13.1 Å². The Hall–Kier alpha value is -3.90. The van der Waals surface area contributed by atoms with Gasteiger partial charge in [0.05, 0.1) is 23.4 Å². The molecule has 1 aromatic heterocycles. The predicted molar refractivity (Wildman–Crippen MR) is 147 cm³/mol. The molecule has 0 radical (unpaired) electrons. The van der Waals surface area contributed by atoms with Gasteiger partial charge in [-0.1, -0.05) is 34.1 Å². The van der Waals surface area contributed by atoms with Gasteiger partial charge in [-0.05, 0) is 83.4 Å². The van der Waals surface area contributed by atoms with Gasteiger partial charge in [0.2, 0.25) is 0 Å². The molecule has 0 saturated heterocycles. The van der Waals surface area contributed by atoms with E-state index >= 15 is 0 Å². The molecule has 2 aliphatic heterocycles. The van der Waals surface area contributed by atoms with E-state index in [1.807, 2.05) is 42.6 Å². The van der Waals surface area contributed by atoms with Crippen LogP contribution in [0.5, 0.6) is 0 Å². The van der Waals surface area contributed by atoms with Gasteiger partial charge >= 0.3 is 0 Å². The number of aliphatic imine (C=N–C) groups is 1. The number of fused-ring (bicyclic) bond motifs is 7. The Kier molecular flexibility index (Phi) is 4.74. The first-order chi connectivity index (χ1) is 17.2. The lowest BCUT2D eigenvalue weighted by Crippen LogP contribution is -2.46. The lowest BCUT2D eigenvalue weighted by molar-refractivity contribution is 0.650. The van der Waals surface area contributed by atoms with Gasteiger partial charge in [0.15, 0.2) is 0 Å². The minimum absolute atomic E-state index is 0.876. The average molecular weight is 520 g/mol. The van der Waals surface area contributed by atoms with Gasteiger partial charge in [0, 0.05) is 40.7 Å². The second kappa shape index (κ2) is 8.10. The Morgan fingerprint density at radius 1 is 0.829 bits per heavy atom. The third kappa shape index (κ3) is 3.70. The molecule has 0 amide bonds. The van der Waals surface area contributed by atoms with E-state index in [9.17, 15) is 0 Å². The lowest BCUT2D eigenvalue weighted by Gasteiger charge is -2.44. The van der Waals surface area contributed by atoms with Crippen molar-refractivity contribution in [3.05, 3.63) is 106 Å². The summed E-state index contributed by atoms with van der Waals surface area (Å²) in [4.78, 5) is 17.7. The maximum absolute atomic E-state index is 4.73. The average Bonchev–Trinajstić information content (AvgIpc) is 3.32. The normalized spacial score (nSPS) is 14.4. The number of nitrogens with one attached hydrogen (secondary N) is 1. The van der Waals surface area contributed by atoms with Crippen molar-refractivity contribution in [1.29, 1.82) is 0 Å². The van der Waals surface area contributed by atoms with Crippen molar-refractivity contribution < 1.29 is 0 Å². The number of hydrogen-bond acceptors (Lipinski definition) is 4. The third-order valence-corrected chi connectivity index (χ3v) is 7.28. The van der Waals surface area contributed by atoms with E-state index in [0.29, 0.717) is 0 Å². The van der Waals surface area contributed by atoms with Gasteiger partial charge in [-0.3, -0.25) is 4.99 Å². The van der Waals surface area contributed by atoms with Crippen LogP contribution in [0.3, 0.4) is 0 Å². The first-order valence-electron chi connectivity index (χ1n) is 11.7. The highest BCUT2D eigenvalue weighted by Gasteiger charge is 2.29. The fourth-order valence-electron chi connectivity index (χ4n) is 5.09. The first kappa shape index (κ1) is 20.5. The van der Waals surface area contributed by atoms with Crippen molar-refractivity contribution in [2.75, 3.05) is 16.5 Å². The van der Waals surface area contributed by atoms with Crippen molar-refractivity contribution in [1.82, 2.24) is 9.97 Å². The molecule has 5 aromatic rings. The summed E-state index contributed by atoms with van der Waals surface area (Å²) in [5.41, 5.74) is 10.5. The molecule has 0 atom stereocenters. The van der Waals surface area contributed by atoms with Crippen LogP contribution in [0.15, 0.2) is 94.4 Å². The number of aromatic nitrogens is 2. The summed E-state index contributed by atoms with van der Waals surface area (Å²) in [6, 6.07) is 29.5. The first-order valence-corrected chi connectivity index (χ1v) is 12.5. The smallest absolute Gasteiger partial charge is 0.138 e. The third-order valence-electron chi connectivity index (χ3n) is 6.78. The van der Waals surface area contributed by atoms with Crippen LogP contribution < -0.4 is 9.80 Å². The molecule has 0 unspecified atom stereocenters. The molecule has 7 rings (SSSR count). The summed E-state index contributed by atoms with van der Waals surface area (Å²) in [5, 5.41) is 0. The zero-order chi connectivity index (χ0) is 23.4. The second-order valence-corrected chi connectivity index (χ2v) is 10.0. The van der Waals surface area contributed by atoms with Gasteiger partial charge in [0.1, 0.15) is 5.82 Å². The van der Waals surface area contributed by atoms with E-state index in [2.05, 4.69) is 84.2 Å². The Morgan fingerprint density at radius 2 is 1.57 bits per heavy atom. The minimum Gasteiger partial charge on any atom is -0.349 e. The molecule has 1 N–H and O–H groups in total. The number of anilines is 2. The molecule has 2 bridgehead atoms. The molecule has 4 aromatic carbocycles. The van der Waals surface area contributed by atoms with Crippen LogP contribution in [0.2, 0.25) is 0 Å². The van der Waals surface area contributed by atoms with E-state index < -0.39 is 0 Å².